The van der Waals surface area contributed by atoms with Gasteiger partial charge < -0.3 is 14.8 Å². The first kappa shape index (κ1) is 21.5. The van der Waals surface area contributed by atoms with Crippen LogP contribution in [0.25, 0.3) is 6.08 Å². The molecule has 1 atom stereocenters. The van der Waals surface area contributed by atoms with Crippen molar-refractivity contribution in [2.75, 3.05) is 33.9 Å². The van der Waals surface area contributed by atoms with E-state index in [9.17, 15) is 4.79 Å². The molecule has 5 heteroatoms. The van der Waals surface area contributed by atoms with E-state index in [1.54, 1.807) is 26.4 Å². The smallest absolute Gasteiger partial charge is 0.244 e. The van der Waals surface area contributed by atoms with Crippen molar-refractivity contribution in [3.8, 4) is 11.5 Å². The van der Waals surface area contributed by atoms with E-state index in [1.807, 2.05) is 30.3 Å². The fourth-order valence-corrected chi connectivity index (χ4v) is 3.18. The topological polar surface area (TPSA) is 50.8 Å². The molecular formula is C23H30N2O3. The molecule has 1 unspecified atom stereocenters. The van der Waals surface area contributed by atoms with E-state index in [2.05, 4.69) is 36.2 Å². The molecule has 0 aliphatic carbocycles. The zero-order chi connectivity index (χ0) is 20.4. The zero-order valence-electron chi connectivity index (χ0n) is 17.1. The highest BCUT2D eigenvalue weighted by atomic mass is 16.5. The van der Waals surface area contributed by atoms with Crippen LogP contribution in [0.3, 0.4) is 0 Å². The lowest BCUT2D eigenvalue weighted by molar-refractivity contribution is -0.116. The molecule has 0 radical (unpaired) electrons. The predicted molar refractivity (Wildman–Crippen MR) is 114 cm³/mol. The van der Waals surface area contributed by atoms with Crippen LogP contribution < -0.4 is 14.8 Å². The zero-order valence-corrected chi connectivity index (χ0v) is 17.1. The van der Waals surface area contributed by atoms with E-state index in [1.165, 1.54) is 11.6 Å². The van der Waals surface area contributed by atoms with E-state index in [0.717, 1.165) is 18.7 Å². The maximum atomic E-state index is 12.4. The second-order valence-electron chi connectivity index (χ2n) is 6.33. The van der Waals surface area contributed by atoms with Gasteiger partial charge in [0, 0.05) is 24.3 Å². The lowest BCUT2D eigenvalue weighted by Gasteiger charge is -2.30. The van der Waals surface area contributed by atoms with Crippen molar-refractivity contribution < 1.29 is 14.3 Å². The molecule has 2 aromatic carbocycles. The maximum absolute atomic E-state index is 12.4. The second-order valence-corrected chi connectivity index (χ2v) is 6.33. The molecule has 0 saturated heterocycles. The summed E-state index contributed by atoms with van der Waals surface area (Å²) in [6.07, 6.45) is 3.29. The number of hydrogen-bond donors (Lipinski definition) is 1. The van der Waals surface area contributed by atoms with Crippen LogP contribution in [0.15, 0.2) is 54.6 Å². The Balaban J connectivity index is 2.06. The number of carbonyl (C=O) groups excluding carboxylic acids is 1. The highest BCUT2D eigenvalue weighted by Crippen LogP contribution is 2.25. The largest absolute Gasteiger partial charge is 0.497 e. The summed E-state index contributed by atoms with van der Waals surface area (Å²) in [7, 11) is 3.21. The molecule has 1 amide bonds. The Morgan fingerprint density at radius 2 is 1.79 bits per heavy atom. The van der Waals surface area contributed by atoms with Crippen molar-refractivity contribution in [1.82, 2.24) is 10.2 Å². The van der Waals surface area contributed by atoms with Gasteiger partial charge in [-0.05, 0) is 36.9 Å². The van der Waals surface area contributed by atoms with Crippen LogP contribution in [-0.4, -0.2) is 44.7 Å². The first-order valence-corrected chi connectivity index (χ1v) is 9.59. The minimum Gasteiger partial charge on any atom is -0.497 e. The lowest BCUT2D eigenvalue weighted by atomic mass is 10.1. The van der Waals surface area contributed by atoms with Gasteiger partial charge in [0.25, 0.3) is 0 Å². The summed E-state index contributed by atoms with van der Waals surface area (Å²) in [6, 6.07) is 15.9. The third-order valence-corrected chi connectivity index (χ3v) is 4.76. The van der Waals surface area contributed by atoms with E-state index in [0.29, 0.717) is 18.0 Å². The van der Waals surface area contributed by atoms with Gasteiger partial charge in [-0.2, -0.15) is 0 Å². The van der Waals surface area contributed by atoms with Crippen LogP contribution in [0.2, 0.25) is 0 Å². The summed E-state index contributed by atoms with van der Waals surface area (Å²) in [6.45, 7) is 6.67. The van der Waals surface area contributed by atoms with Crippen molar-refractivity contribution in [2.45, 2.75) is 19.9 Å². The first-order valence-electron chi connectivity index (χ1n) is 9.59. The molecule has 0 bridgehead atoms. The molecule has 0 heterocycles. The molecule has 0 aliphatic rings. The van der Waals surface area contributed by atoms with Gasteiger partial charge in [-0.3, -0.25) is 9.69 Å². The minimum atomic E-state index is -0.133. The Morgan fingerprint density at radius 3 is 2.39 bits per heavy atom. The molecule has 0 aromatic heterocycles. The van der Waals surface area contributed by atoms with Crippen molar-refractivity contribution >= 4 is 12.0 Å². The number of carbonyl (C=O) groups is 1. The van der Waals surface area contributed by atoms with Crippen molar-refractivity contribution in [2.24, 2.45) is 0 Å². The summed E-state index contributed by atoms with van der Waals surface area (Å²) in [5, 5.41) is 3.03. The van der Waals surface area contributed by atoms with Crippen molar-refractivity contribution in [3.05, 3.63) is 65.7 Å². The molecular weight excluding hydrogens is 352 g/mol. The predicted octanol–water partition coefficient (Wildman–Crippen LogP) is 3.92. The SMILES string of the molecule is CCN(CC)C(CNC(=O)/C=C/c1ccc(OC)cc1OC)c1ccccc1. The third kappa shape index (κ3) is 5.86. The van der Waals surface area contributed by atoms with Crippen LogP contribution in [0.4, 0.5) is 0 Å². The van der Waals surface area contributed by atoms with Gasteiger partial charge in [0.15, 0.2) is 0 Å². The van der Waals surface area contributed by atoms with Gasteiger partial charge in [-0.15, -0.1) is 0 Å². The van der Waals surface area contributed by atoms with Crippen LogP contribution >= 0.6 is 0 Å². The molecule has 2 aromatic rings. The number of likely N-dealkylation sites (N-methyl/N-ethyl adjacent to an activating group) is 1. The van der Waals surface area contributed by atoms with Gasteiger partial charge in [-0.25, -0.2) is 0 Å². The summed E-state index contributed by atoms with van der Waals surface area (Å²) in [5.41, 5.74) is 2.02. The Hall–Kier alpha value is -2.79. The molecule has 0 fully saturated rings. The highest BCUT2D eigenvalue weighted by molar-refractivity contribution is 5.92. The van der Waals surface area contributed by atoms with E-state index in [4.69, 9.17) is 9.47 Å². The van der Waals surface area contributed by atoms with E-state index >= 15 is 0 Å². The number of nitrogens with one attached hydrogen (secondary N) is 1. The first-order chi connectivity index (χ1) is 13.6. The monoisotopic (exact) mass is 382 g/mol. The van der Waals surface area contributed by atoms with Gasteiger partial charge in [0.1, 0.15) is 11.5 Å². The number of methoxy groups -OCH3 is 2. The molecule has 1 N–H and O–H groups in total. The highest BCUT2D eigenvalue weighted by Gasteiger charge is 2.18. The fraction of sp³-hybridized carbons (Fsp3) is 0.348. The average Bonchev–Trinajstić information content (AvgIpc) is 2.75. The molecule has 0 saturated carbocycles. The molecule has 0 spiro atoms. The van der Waals surface area contributed by atoms with Gasteiger partial charge in [0.2, 0.25) is 5.91 Å². The Labute approximate surface area is 168 Å². The minimum absolute atomic E-state index is 0.133. The summed E-state index contributed by atoms with van der Waals surface area (Å²) in [5.74, 6) is 1.24. The van der Waals surface area contributed by atoms with Crippen LogP contribution in [-0.2, 0) is 4.79 Å². The lowest BCUT2D eigenvalue weighted by Crippen LogP contribution is -2.37. The molecule has 28 heavy (non-hydrogen) atoms. The van der Waals surface area contributed by atoms with Crippen molar-refractivity contribution in [3.63, 3.8) is 0 Å². The van der Waals surface area contributed by atoms with Gasteiger partial charge >= 0.3 is 0 Å². The number of hydrogen-bond acceptors (Lipinski definition) is 4. The standard InChI is InChI=1S/C23H30N2O3/c1-5-25(6-2)21(18-10-8-7-9-11-18)17-24-23(26)15-13-19-12-14-20(27-3)16-22(19)28-4/h7-16,21H,5-6,17H2,1-4H3,(H,24,26)/b15-13+. The second kappa shape index (κ2) is 11.1. The molecule has 0 aliphatic heterocycles. The number of nitrogens with zero attached hydrogens (tertiary/aromatic N) is 1. The summed E-state index contributed by atoms with van der Waals surface area (Å²) < 4.78 is 10.6. The molecule has 5 nitrogen and oxygen atoms in total. The molecule has 2 rings (SSSR count). The Morgan fingerprint density at radius 1 is 1.07 bits per heavy atom. The van der Waals surface area contributed by atoms with E-state index < -0.39 is 0 Å². The number of rotatable bonds is 10. The summed E-state index contributed by atoms with van der Waals surface area (Å²) >= 11 is 0. The third-order valence-electron chi connectivity index (χ3n) is 4.76. The Kier molecular flexibility index (Phi) is 8.56. The molecule has 150 valence electrons. The number of benzene rings is 2. The number of ether oxygens (including phenoxy) is 2. The van der Waals surface area contributed by atoms with E-state index in [-0.39, 0.29) is 11.9 Å². The van der Waals surface area contributed by atoms with Crippen LogP contribution in [0, 0.1) is 0 Å². The number of amides is 1. The normalized spacial score (nSPS) is 12.2. The quantitative estimate of drug-likeness (QED) is 0.633. The fourth-order valence-electron chi connectivity index (χ4n) is 3.18. The maximum Gasteiger partial charge on any atom is 0.244 e. The van der Waals surface area contributed by atoms with Crippen LogP contribution in [0.1, 0.15) is 31.0 Å². The van der Waals surface area contributed by atoms with Gasteiger partial charge in [-0.1, -0.05) is 44.2 Å². The van der Waals surface area contributed by atoms with Gasteiger partial charge in [0.05, 0.1) is 20.3 Å². The summed E-state index contributed by atoms with van der Waals surface area (Å²) in [4.78, 5) is 14.7. The average molecular weight is 383 g/mol. The van der Waals surface area contributed by atoms with Crippen molar-refractivity contribution in [1.29, 1.82) is 0 Å². The van der Waals surface area contributed by atoms with Crippen LogP contribution in [0.5, 0.6) is 11.5 Å². The Bertz CT molecular complexity index is 771.